The fraction of sp³-hybridized carbons (Fsp3) is 1.00. The van der Waals surface area contributed by atoms with Gasteiger partial charge in [0.2, 0.25) is 0 Å². The Morgan fingerprint density at radius 2 is 2.00 bits per heavy atom. The molecule has 1 heterocycles. The Hall–Kier alpha value is -0.0400. The van der Waals surface area contributed by atoms with Gasteiger partial charge in [0.15, 0.2) is 0 Å². The quantitative estimate of drug-likeness (QED) is 0.584. The second-order valence-corrected chi connectivity index (χ2v) is 5.64. The van der Waals surface area contributed by atoms with E-state index in [4.69, 9.17) is 0 Å². The zero-order chi connectivity index (χ0) is 8.82. The molecular formula is C11H21N. The van der Waals surface area contributed by atoms with E-state index in [1.807, 2.05) is 0 Å². The molecule has 2 aliphatic rings. The molecule has 1 unspecified atom stereocenters. The average molecular weight is 167 g/mol. The highest BCUT2D eigenvalue weighted by Gasteiger charge is 2.52. The first-order valence-corrected chi connectivity index (χ1v) is 5.30. The molecule has 2 atom stereocenters. The van der Waals surface area contributed by atoms with Gasteiger partial charge in [0.1, 0.15) is 0 Å². The molecule has 0 radical (unpaired) electrons. The Bertz CT molecular complexity index is 172. The first kappa shape index (κ1) is 8.55. The van der Waals surface area contributed by atoms with Crippen LogP contribution < -0.4 is 5.32 Å². The molecule has 1 saturated carbocycles. The van der Waals surface area contributed by atoms with Crippen LogP contribution in [0.5, 0.6) is 0 Å². The molecule has 0 aromatic rings. The molecule has 0 amide bonds. The smallest absolute Gasteiger partial charge is 0.0215 e. The van der Waals surface area contributed by atoms with Crippen molar-refractivity contribution >= 4 is 0 Å². The molecule has 0 bridgehead atoms. The zero-order valence-electron chi connectivity index (χ0n) is 8.61. The van der Waals surface area contributed by atoms with Crippen LogP contribution in [0.2, 0.25) is 0 Å². The van der Waals surface area contributed by atoms with Gasteiger partial charge in [0.25, 0.3) is 0 Å². The Morgan fingerprint density at radius 3 is 2.33 bits per heavy atom. The largest absolute Gasteiger partial charge is 0.311 e. The van der Waals surface area contributed by atoms with Gasteiger partial charge in [-0.3, -0.25) is 0 Å². The second kappa shape index (κ2) is 2.47. The molecule has 1 spiro atoms. The van der Waals surface area contributed by atoms with Crippen molar-refractivity contribution in [2.24, 2.45) is 11.3 Å². The molecule has 1 heteroatoms. The number of rotatable bonds is 0. The van der Waals surface area contributed by atoms with Gasteiger partial charge in [-0.25, -0.2) is 0 Å². The summed E-state index contributed by atoms with van der Waals surface area (Å²) in [5.41, 5.74) is 1.08. The third-order valence-corrected chi connectivity index (χ3v) is 3.87. The van der Waals surface area contributed by atoms with E-state index in [1.165, 1.54) is 32.2 Å². The van der Waals surface area contributed by atoms with E-state index in [-0.39, 0.29) is 0 Å². The van der Waals surface area contributed by atoms with E-state index < -0.39 is 0 Å². The Balaban J connectivity index is 2.09. The van der Waals surface area contributed by atoms with E-state index in [0.29, 0.717) is 11.0 Å². The van der Waals surface area contributed by atoms with Crippen molar-refractivity contribution < 1.29 is 0 Å². The van der Waals surface area contributed by atoms with Crippen molar-refractivity contribution in [3.05, 3.63) is 0 Å². The predicted octanol–water partition coefficient (Wildman–Crippen LogP) is 2.56. The molecule has 70 valence electrons. The van der Waals surface area contributed by atoms with Crippen molar-refractivity contribution in [3.63, 3.8) is 0 Å². The van der Waals surface area contributed by atoms with Crippen LogP contribution in [-0.2, 0) is 0 Å². The van der Waals surface area contributed by atoms with Crippen LogP contribution in [0.15, 0.2) is 0 Å². The minimum atomic E-state index is 0.510. The topological polar surface area (TPSA) is 12.0 Å². The van der Waals surface area contributed by atoms with Crippen molar-refractivity contribution in [1.82, 2.24) is 5.32 Å². The average Bonchev–Trinajstić information content (AvgIpc) is 2.28. The van der Waals surface area contributed by atoms with Crippen LogP contribution in [0.3, 0.4) is 0 Å². The molecule has 0 aromatic carbocycles. The number of hydrogen-bond donors (Lipinski definition) is 1. The SMILES string of the molecule is CC(C)(C)C1CC[C@]12CCCN2. The normalized spacial score (nSPS) is 41.8. The third kappa shape index (κ3) is 1.10. The minimum Gasteiger partial charge on any atom is -0.311 e. The Morgan fingerprint density at radius 1 is 1.25 bits per heavy atom. The lowest BCUT2D eigenvalue weighted by Gasteiger charge is -2.54. The Labute approximate surface area is 75.9 Å². The molecule has 1 saturated heterocycles. The number of hydrogen-bond acceptors (Lipinski definition) is 1. The maximum atomic E-state index is 3.73. The first-order chi connectivity index (χ1) is 5.55. The molecule has 1 aliphatic heterocycles. The van der Waals surface area contributed by atoms with Crippen LogP contribution in [0.1, 0.15) is 46.5 Å². The summed E-state index contributed by atoms with van der Waals surface area (Å²) < 4.78 is 0. The zero-order valence-corrected chi connectivity index (χ0v) is 8.61. The molecule has 12 heavy (non-hydrogen) atoms. The molecule has 1 nitrogen and oxygen atoms in total. The van der Waals surface area contributed by atoms with Gasteiger partial charge < -0.3 is 5.32 Å². The number of nitrogens with one attached hydrogen (secondary N) is 1. The van der Waals surface area contributed by atoms with Gasteiger partial charge in [0.05, 0.1) is 0 Å². The predicted molar refractivity (Wildman–Crippen MR) is 52.1 cm³/mol. The molecular weight excluding hydrogens is 146 g/mol. The Kier molecular flexibility index (Phi) is 1.76. The van der Waals surface area contributed by atoms with Crippen molar-refractivity contribution in [2.45, 2.75) is 52.0 Å². The van der Waals surface area contributed by atoms with Gasteiger partial charge in [0, 0.05) is 5.54 Å². The highest BCUT2D eigenvalue weighted by atomic mass is 15.0. The van der Waals surface area contributed by atoms with E-state index in [1.54, 1.807) is 0 Å². The van der Waals surface area contributed by atoms with E-state index in [0.717, 1.165) is 5.92 Å². The fourth-order valence-electron chi connectivity index (χ4n) is 3.24. The summed E-state index contributed by atoms with van der Waals surface area (Å²) in [6, 6.07) is 0. The summed E-state index contributed by atoms with van der Waals surface area (Å²) in [5.74, 6) is 0.924. The van der Waals surface area contributed by atoms with Crippen LogP contribution >= 0.6 is 0 Å². The van der Waals surface area contributed by atoms with Gasteiger partial charge in [-0.2, -0.15) is 0 Å². The molecule has 2 fully saturated rings. The summed E-state index contributed by atoms with van der Waals surface area (Å²) >= 11 is 0. The first-order valence-electron chi connectivity index (χ1n) is 5.30. The lowest BCUT2D eigenvalue weighted by molar-refractivity contribution is 0.0116. The van der Waals surface area contributed by atoms with E-state index in [9.17, 15) is 0 Å². The van der Waals surface area contributed by atoms with Crippen LogP contribution in [0.25, 0.3) is 0 Å². The third-order valence-electron chi connectivity index (χ3n) is 3.87. The highest BCUT2D eigenvalue weighted by molar-refractivity contribution is 5.09. The highest BCUT2D eigenvalue weighted by Crippen LogP contribution is 2.52. The molecule has 1 N–H and O–H groups in total. The minimum absolute atomic E-state index is 0.510. The summed E-state index contributed by atoms with van der Waals surface area (Å²) in [4.78, 5) is 0. The summed E-state index contributed by atoms with van der Waals surface area (Å²) in [6.45, 7) is 8.42. The van der Waals surface area contributed by atoms with Gasteiger partial charge in [-0.15, -0.1) is 0 Å². The lowest BCUT2D eigenvalue weighted by Crippen LogP contribution is -2.58. The van der Waals surface area contributed by atoms with Crippen LogP contribution in [0.4, 0.5) is 0 Å². The van der Waals surface area contributed by atoms with Gasteiger partial charge in [-0.1, -0.05) is 20.8 Å². The van der Waals surface area contributed by atoms with Gasteiger partial charge >= 0.3 is 0 Å². The maximum Gasteiger partial charge on any atom is 0.0215 e. The second-order valence-electron chi connectivity index (χ2n) is 5.64. The molecule has 0 aromatic heterocycles. The van der Waals surface area contributed by atoms with Crippen molar-refractivity contribution in [1.29, 1.82) is 0 Å². The standard InChI is InChI=1S/C11H21N/c1-10(2,3)9-5-7-11(9)6-4-8-12-11/h9,12H,4-8H2,1-3H3/t9?,11-/m1/s1. The van der Waals surface area contributed by atoms with Gasteiger partial charge in [-0.05, 0) is 43.6 Å². The van der Waals surface area contributed by atoms with E-state index in [2.05, 4.69) is 26.1 Å². The summed E-state index contributed by atoms with van der Waals surface area (Å²) in [5, 5.41) is 3.73. The van der Waals surface area contributed by atoms with E-state index >= 15 is 0 Å². The molecule has 1 aliphatic carbocycles. The summed E-state index contributed by atoms with van der Waals surface area (Å²) in [7, 11) is 0. The van der Waals surface area contributed by atoms with Crippen LogP contribution in [0, 0.1) is 11.3 Å². The maximum absolute atomic E-state index is 3.73. The lowest BCUT2D eigenvalue weighted by atomic mass is 9.56. The molecule has 2 rings (SSSR count). The van der Waals surface area contributed by atoms with Crippen molar-refractivity contribution in [2.75, 3.05) is 6.54 Å². The van der Waals surface area contributed by atoms with Crippen LogP contribution in [-0.4, -0.2) is 12.1 Å². The fourth-order valence-corrected chi connectivity index (χ4v) is 3.24. The monoisotopic (exact) mass is 167 g/mol. The summed E-state index contributed by atoms with van der Waals surface area (Å²) in [6.07, 6.45) is 5.69. The van der Waals surface area contributed by atoms with Crippen molar-refractivity contribution in [3.8, 4) is 0 Å².